The molecule has 2 heterocycles. The number of halogens is 4. The van der Waals surface area contributed by atoms with Crippen LogP contribution < -0.4 is 16.0 Å². The number of aliphatic hydroxyl groups excluding tert-OH is 1. The van der Waals surface area contributed by atoms with Gasteiger partial charge >= 0.3 is 0 Å². The molecule has 0 radical (unpaired) electrons. The molecule has 0 saturated heterocycles. The smallest absolute Gasteiger partial charge is 0.294 e. The van der Waals surface area contributed by atoms with Gasteiger partial charge in [-0.3, -0.25) is 19.7 Å². The van der Waals surface area contributed by atoms with Gasteiger partial charge in [-0.25, -0.2) is 17.6 Å². The molecule has 2 aromatic rings. The Hall–Kier alpha value is -3.25. The SMILES string of the molecule is CNC(O)C1(NC(=O)C(=O)c2c(C)c(C(=O)Nc3ccc(F)c(F)c3)c3n2C[C@H]2C[C@@H]32)CC(F)(F)C1. The molecule has 1 aliphatic heterocycles. The summed E-state index contributed by atoms with van der Waals surface area (Å²) in [5, 5.41) is 17.4. The summed E-state index contributed by atoms with van der Waals surface area (Å²) in [6.45, 7) is 1.91. The van der Waals surface area contributed by atoms with Crippen LogP contribution in [0.3, 0.4) is 0 Å². The van der Waals surface area contributed by atoms with E-state index in [9.17, 15) is 37.1 Å². The van der Waals surface area contributed by atoms with Gasteiger partial charge in [-0.15, -0.1) is 0 Å². The number of Topliss-reactive ketones (excluding diaryl/α,β-unsaturated/α-hetero) is 1. The molecular weight excluding hydrogens is 484 g/mol. The number of amides is 2. The normalized spacial score (nSPS) is 23.2. The second-order valence-corrected chi connectivity index (χ2v) is 9.87. The van der Waals surface area contributed by atoms with Gasteiger partial charge in [0.25, 0.3) is 23.5 Å². The largest absolute Gasteiger partial charge is 0.376 e. The van der Waals surface area contributed by atoms with Crippen molar-refractivity contribution in [2.45, 2.75) is 56.3 Å². The van der Waals surface area contributed by atoms with Crippen molar-refractivity contribution in [3.8, 4) is 0 Å². The van der Waals surface area contributed by atoms with Crippen molar-refractivity contribution in [3.05, 3.63) is 52.3 Å². The maximum atomic E-state index is 13.6. The monoisotopic (exact) mass is 508 g/mol. The lowest BCUT2D eigenvalue weighted by molar-refractivity contribution is -0.176. The highest BCUT2D eigenvalue weighted by Gasteiger charge is 2.61. The van der Waals surface area contributed by atoms with Crippen molar-refractivity contribution in [3.63, 3.8) is 0 Å². The van der Waals surface area contributed by atoms with Crippen molar-refractivity contribution in [1.82, 2.24) is 15.2 Å². The number of likely N-dealkylation sites (N-methyl/N-ethyl adjacent to an activating group) is 1. The number of carbonyl (C=O) groups excluding carboxylic acids is 3. The number of rotatable bonds is 7. The van der Waals surface area contributed by atoms with E-state index < -0.39 is 59.8 Å². The predicted octanol–water partition coefficient (Wildman–Crippen LogP) is 2.45. The van der Waals surface area contributed by atoms with Gasteiger partial charge in [-0.1, -0.05) is 0 Å². The van der Waals surface area contributed by atoms with E-state index in [-0.39, 0.29) is 34.3 Å². The van der Waals surface area contributed by atoms with Crippen molar-refractivity contribution >= 4 is 23.3 Å². The number of aromatic nitrogens is 1. The van der Waals surface area contributed by atoms with Crippen molar-refractivity contribution in [1.29, 1.82) is 0 Å². The molecule has 0 spiro atoms. The molecule has 3 aliphatic rings. The first kappa shape index (κ1) is 24.4. The number of hydrogen-bond acceptors (Lipinski definition) is 5. The zero-order valence-electron chi connectivity index (χ0n) is 19.4. The highest BCUT2D eigenvalue weighted by atomic mass is 19.3. The van der Waals surface area contributed by atoms with E-state index in [4.69, 9.17) is 0 Å². The summed E-state index contributed by atoms with van der Waals surface area (Å²) in [5.41, 5.74) is -0.769. The molecular formula is C24H24F4N4O4. The quantitative estimate of drug-likeness (QED) is 0.199. The molecule has 3 atom stereocenters. The Kier molecular flexibility index (Phi) is 5.52. The number of hydrogen-bond donors (Lipinski definition) is 4. The van der Waals surface area contributed by atoms with E-state index in [1.807, 2.05) is 0 Å². The second kappa shape index (κ2) is 8.13. The van der Waals surface area contributed by atoms with Gasteiger partial charge in [0.05, 0.1) is 16.8 Å². The molecule has 5 rings (SSSR count). The summed E-state index contributed by atoms with van der Waals surface area (Å²) in [7, 11) is 1.34. The van der Waals surface area contributed by atoms with Crippen LogP contribution in [0.25, 0.3) is 0 Å². The molecule has 2 amide bonds. The molecule has 2 aliphatic carbocycles. The van der Waals surface area contributed by atoms with E-state index in [1.165, 1.54) is 20.0 Å². The number of anilines is 1. The predicted molar refractivity (Wildman–Crippen MR) is 119 cm³/mol. The minimum atomic E-state index is -3.09. The number of aliphatic hydroxyl groups is 1. The Morgan fingerprint density at radius 2 is 1.86 bits per heavy atom. The number of nitrogens with zero attached hydrogens (tertiary/aromatic N) is 1. The number of benzene rings is 1. The molecule has 2 saturated carbocycles. The van der Waals surface area contributed by atoms with E-state index >= 15 is 0 Å². The summed E-state index contributed by atoms with van der Waals surface area (Å²) in [4.78, 5) is 39.4. The number of alkyl halides is 2. The van der Waals surface area contributed by atoms with Crippen molar-refractivity contribution in [2.75, 3.05) is 12.4 Å². The zero-order valence-corrected chi connectivity index (χ0v) is 19.4. The van der Waals surface area contributed by atoms with Crippen LogP contribution in [0.4, 0.5) is 23.2 Å². The molecule has 2 fully saturated rings. The lowest BCUT2D eigenvalue weighted by Crippen LogP contribution is -2.71. The first-order valence-electron chi connectivity index (χ1n) is 11.5. The molecule has 12 heteroatoms. The van der Waals surface area contributed by atoms with Gasteiger partial charge in [-0.05, 0) is 44.0 Å². The molecule has 0 bridgehead atoms. The summed E-state index contributed by atoms with van der Waals surface area (Å²) >= 11 is 0. The zero-order chi connectivity index (χ0) is 26.2. The van der Waals surface area contributed by atoms with Gasteiger partial charge in [0.1, 0.15) is 6.23 Å². The van der Waals surface area contributed by atoms with Crippen molar-refractivity contribution < 1.29 is 37.1 Å². The van der Waals surface area contributed by atoms with Crippen LogP contribution in [-0.4, -0.2) is 52.0 Å². The topological polar surface area (TPSA) is 112 Å². The maximum Gasteiger partial charge on any atom is 0.294 e. The summed E-state index contributed by atoms with van der Waals surface area (Å²) in [6, 6.07) is 2.90. The third-order valence-electron chi connectivity index (χ3n) is 7.37. The third-order valence-corrected chi connectivity index (χ3v) is 7.37. The molecule has 1 aromatic heterocycles. The minimum absolute atomic E-state index is 0.0156. The average molecular weight is 508 g/mol. The fourth-order valence-electron chi connectivity index (χ4n) is 5.60. The van der Waals surface area contributed by atoms with Crippen LogP contribution in [0, 0.1) is 24.5 Å². The highest BCUT2D eigenvalue weighted by molar-refractivity contribution is 6.43. The Balaban J connectivity index is 1.44. The summed E-state index contributed by atoms with van der Waals surface area (Å²) in [5.74, 6) is -7.91. The molecule has 1 aromatic carbocycles. The van der Waals surface area contributed by atoms with Gasteiger partial charge in [0.2, 0.25) is 0 Å². The van der Waals surface area contributed by atoms with Crippen molar-refractivity contribution in [2.24, 2.45) is 5.92 Å². The van der Waals surface area contributed by atoms with Crippen LogP contribution in [-0.2, 0) is 11.3 Å². The Morgan fingerprint density at radius 1 is 1.17 bits per heavy atom. The van der Waals surface area contributed by atoms with E-state index in [1.54, 1.807) is 4.57 Å². The van der Waals surface area contributed by atoms with E-state index in [2.05, 4.69) is 16.0 Å². The Morgan fingerprint density at radius 3 is 2.47 bits per heavy atom. The fourth-order valence-corrected chi connectivity index (χ4v) is 5.60. The van der Waals surface area contributed by atoms with E-state index in [0.717, 1.165) is 18.6 Å². The molecule has 4 N–H and O–H groups in total. The first-order valence-corrected chi connectivity index (χ1v) is 11.5. The molecule has 36 heavy (non-hydrogen) atoms. The van der Waals surface area contributed by atoms with Crippen LogP contribution in [0.15, 0.2) is 18.2 Å². The summed E-state index contributed by atoms with van der Waals surface area (Å²) in [6.07, 6.45) is -2.36. The lowest BCUT2D eigenvalue weighted by Gasteiger charge is -2.49. The molecule has 1 unspecified atom stereocenters. The fraction of sp³-hybridized carbons (Fsp3) is 0.458. The third kappa shape index (κ3) is 3.79. The number of carbonyl (C=O) groups is 3. The van der Waals surface area contributed by atoms with Crippen LogP contribution in [0.1, 0.15) is 57.3 Å². The minimum Gasteiger partial charge on any atom is -0.376 e. The molecule has 192 valence electrons. The van der Waals surface area contributed by atoms with Crippen LogP contribution >= 0.6 is 0 Å². The van der Waals surface area contributed by atoms with Crippen LogP contribution in [0.5, 0.6) is 0 Å². The Labute approximate surface area is 203 Å². The standard InChI is InChI=1S/C24H24F4N4O4/c1-10-16(20(34)30-12-3-4-14(25)15(26)6-12)18-13-5-11(13)7-32(18)17(10)19(33)21(35)31-23(22(36)29-2)8-24(27,28)9-23/h3-4,6,11,13,22,29,36H,5,7-9H2,1-2H3,(H,30,34)(H,31,35)/t11-,13-,22?/m1/s1. The lowest BCUT2D eigenvalue weighted by atomic mass is 9.71. The van der Waals surface area contributed by atoms with Gasteiger partial charge in [-0.2, -0.15) is 0 Å². The molecule has 8 nitrogen and oxygen atoms in total. The van der Waals surface area contributed by atoms with Gasteiger partial charge in [0.15, 0.2) is 11.6 Å². The van der Waals surface area contributed by atoms with Gasteiger partial charge in [0, 0.05) is 42.8 Å². The number of fused-ring (bicyclic) bond motifs is 3. The number of nitrogens with one attached hydrogen (secondary N) is 3. The highest BCUT2D eigenvalue weighted by Crippen LogP contribution is 2.56. The maximum absolute atomic E-state index is 13.6. The average Bonchev–Trinajstić information content (AvgIpc) is 3.37. The first-order chi connectivity index (χ1) is 16.9. The van der Waals surface area contributed by atoms with Crippen LogP contribution in [0.2, 0.25) is 0 Å². The summed E-state index contributed by atoms with van der Waals surface area (Å²) < 4.78 is 55.8. The Bertz CT molecular complexity index is 1300. The van der Waals surface area contributed by atoms with Gasteiger partial charge < -0.3 is 20.3 Å². The second-order valence-electron chi connectivity index (χ2n) is 9.87. The van der Waals surface area contributed by atoms with E-state index in [0.29, 0.717) is 12.2 Å². The number of ketones is 1.